The minimum Gasteiger partial charge on any atom is -0.508 e. The molecule has 0 spiro atoms. The predicted molar refractivity (Wildman–Crippen MR) is 95.7 cm³/mol. The van der Waals surface area contributed by atoms with Gasteiger partial charge in [0.15, 0.2) is 0 Å². The van der Waals surface area contributed by atoms with Gasteiger partial charge in [0.2, 0.25) is 0 Å². The molecule has 1 N–H and O–H groups in total. The number of benzene rings is 2. The fourth-order valence-corrected chi connectivity index (χ4v) is 3.52. The average Bonchev–Trinajstić information content (AvgIpc) is 2.55. The highest BCUT2D eigenvalue weighted by molar-refractivity contribution is 5.40. The first-order chi connectivity index (χ1) is 11.1. The number of hydrogen-bond donors (Lipinski definition) is 1. The van der Waals surface area contributed by atoms with E-state index in [0.717, 1.165) is 36.7 Å². The molecular formula is C21H27NO. The lowest BCUT2D eigenvalue weighted by Crippen LogP contribution is -2.33. The van der Waals surface area contributed by atoms with Gasteiger partial charge in [-0.25, -0.2) is 0 Å². The quantitative estimate of drug-likeness (QED) is 0.901. The molecule has 2 aromatic carbocycles. The lowest BCUT2D eigenvalue weighted by Gasteiger charge is -2.32. The van der Waals surface area contributed by atoms with Crippen molar-refractivity contribution in [3.8, 4) is 5.75 Å². The summed E-state index contributed by atoms with van der Waals surface area (Å²) in [5.41, 5.74) is 4.94. The van der Waals surface area contributed by atoms with E-state index < -0.39 is 0 Å². The Morgan fingerprint density at radius 2 is 1.65 bits per heavy atom. The highest BCUT2D eigenvalue weighted by atomic mass is 16.3. The molecule has 0 saturated carbocycles. The van der Waals surface area contributed by atoms with E-state index in [4.69, 9.17) is 0 Å². The Morgan fingerprint density at radius 1 is 1.00 bits per heavy atom. The van der Waals surface area contributed by atoms with Crippen molar-refractivity contribution in [1.82, 2.24) is 4.90 Å². The van der Waals surface area contributed by atoms with Crippen molar-refractivity contribution in [2.75, 3.05) is 13.1 Å². The summed E-state index contributed by atoms with van der Waals surface area (Å²) in [6.07, 6.45) is 3.70. The number of nitrogens with zero attached hydrogens (tertiary/aromatic N) is 1. The molecule has 0 bridgehead atoms. The Kier molecular flexibility index (Phi) is 5.02. The maximum atomic E-state index is 10.2. The van der Waals surface area contributed by atoms with Crippen LogP contribution in [0.25, 0.3) is 0 Å². The van der Waals surface area contributed by atoms with Crippen molar-refractivity contribution >= 4 is 0 Å². The minimum absolute atomic E-state index is 0.444. The first-order valence-corrected chi connectivity index (χ1v) is 8.67. The topological polar surface area (TPSA) is 23.5 Å². The van der Waals surface area contributed by atoms with E-state index in [1.807, 2.05) is 13.0 Å². The SMILES string of the molecule is Cc1cc(O)c(CN2CCC(Cc3ccccc3)CC2)cc1C. The van der Waals surface area contributed by atoms with Gasteiger partial charge in [-0.1, -0.05) is 36.4 Å². The summed E-state index contributed by atoms with van der Waals surface area (Å²) >= 11 is 0. The van der Waals surface area contributed by atoms with Crippen molar-refractivity contribution < 1.29 is 5.11 Å². The molecule has 1 fully saturated rings. The molecule has 0 unspecified atom stereocenters. The molecule has 0 amide bonds. The molecule has 0 aromatic heterocycles. The molecule has 3 rings (SSSR count). The zero-order valence-corrected chi connectivity index (χ0v) is 14.3. The number of hydrogen-bond acceptors (Lipinski definition) is 2. The second-order valence-corrected chi connectivity index (χ2v) is 6.97. The Bertz CT molecular complexity index is 642. The molecule has 0 radical (unpaired) electrons. The molecule has 23 heavy (non-hydrogen) atoms. The predicted octanol–water partition coefficient (Wildman–Crippen LogP) is 4.46. The Hall–Kier alpha value is -1.80. The van der Waals surface area contributed by atoms with Gasteiger partial charge in [-0.2, -0.15) is 0 Å². The monoisotopic (exact) mass is 309 g/mol. The van der Waals surface area contributed by atoms with Crippen LogP contribution in [-0.2, 0) is 13.0 Å². The van der Waals surface area contributed by atoms with Crippen LogP contribution in [0.5, 0.6) is 5.75 Å². The van der Waals surface area contributed by atoms with Gasteiger partial charge < -0.3 is 5.11 Å². The third-order valence-corrected chi connectivity index (χ3v) is 5.16. The molecule has 1 heterocycles. The van der Waals surface area contributed by atoms with E-state index in [0.29, 0.717) is 5.75 Å². The van der Waals surface area contributed by atoms with Crippen LogP contribution < -0.4 is 0 Å². The summed E-state index contributed by atoms with van der Waals surface area (Å²) in [7, 11) is 0. The molecule has 2 aromatic rings. The standard InChI is InChI=1S/C21H27NO/c1-16-12-20(21(23)13-17(16)2)15-22-10-8-19(9-11-22)14-18-6-4-3-5-7-18/h3-7,12-13,19,23H,8-11,14-15H2,1-2H3. The third-order valence-electron chi connectivity index (χ3n) is 5.16. The smallest absolute Gasteiger partial charge is 0.120 e. The Labute approximate surface area is 139 Å². The summed E-state index contributed by atoms with van der Waals surface area (Å²) in [5.74, 6) is 1.24. The maximum absolute atomic E-state index is 10.2. The van der Waals surface area contributed by atoms with Crippen LogP contribution in [0.1, 0.15) is 35.1 Å². The number of aryl methyl sites for hydroxylation is 2. The molecule has 0 atom stereocenters. The van der Waals surface area contributed by atoms with Gasteiger partial charge in [0, 0.05) is 12.1 Å². The normalized spacial score (nSPS) is 16.6. The molecule has 2 heteroatoms. The number of likely N-dealkylation sites (tertiary alicyclic amines) is 1. The fraction of sp³-hybridized carbons (Fsp3) is 0.429. The molecule has 1 aliphatic rings. The summed E-state index contributed by atoms with van der Waals surface area (Å²) in [6.45, 7) is 7.29. The molecule has 2 nitrogen and oxygen atoms in total. The van der Waals surface area contributed by atoms with Crippen molar-refractivity contribution in [1.29, 1.82) is 0 Å². The maximum Gasteiger partial charge on any atom is 0.120 e. The van der Waals surface area contributed by atoms with Gasteiger partial charge >= 0.3 is 0 Å². The van der Waals surface area contributed by atoms with E-state index in [1.165, 1.54) is 30.4 Å². The number of phenols is 1. The zero-order valence-electron chi connectivity index (χ0n) is 14.3. The number of phenolic OH excluding ortho intramolecular Hbond substituents is 1. The summed E-state index contributed by atoms with van der Waals surface area (Å²) in [4.78, 5) is 2.48. The van der Waals surface area contributed by atoms with Crippen LogP contribution in [0.15, 0.2) is 42.5 Å². The Morgan fingerprint density at radius 3 is 2.35 bits per heavy atom. The van der Waals surface area contributed by atoms with Crippen molar-refractivity contribution in [2.45, 2.75) is 39.7 Å². The third kappa shape index (κ3) is 4.14. The summed E-state index contributed by atoms with van der Waals surface area (Å²) in [6, 6.07) is 14.9. The average molecular weight is 309 g/mol. The second kappa shape index (κ2) is 7.18. The van der Waals surface area contributed by atoms with Crippen LogP contribution in [0, 0.1) is 19.8 Å². The lowest BCUT2D eigenvalue weighted by atomic mass is 9.90. The van der Waals surface area contributed by atoms with Gasteiger partial charge in [0.25, 0.3) is 0 Å². The van der Waals surface area contributed by atoms with Crippen molar-refractivity contribution in [3.63, 3.8) is 0 Å². The van der Waals surface area contributed by atoms with Gasteiger partial charge in [0.05, 0.1) is 0 Å². The van der Waals surface area contributed by atoms with Crippen LogP contribution in [0.4, 0.5) is 0 Å². The highest BCUT2D eigenvalue weighted by Gasteiger charge is 2.20. The van der Waals surface area contributed by atoms with Gasteiger partial charge in [-0.15, -0.1) is 0 Å². The molecule has 122 valence electrons. The second-order valence-electron chi connectivity index (χ2n) is 6.97. The number of rotatable bonds is 4. The van der Waals surface area contributed by atoms with E-state index in [2.05, 4.69) is 48.2 Å². The van der Waals surface area contributed by atoms with E-state index in [-0.39, 0.29) is 0 Å². The van der Waals surface area contributed by atoms with E-state index in [9.17, 15) is 5.11 Å². The number of piperidine rings is 1. The van der Waals surface area contributed by atoms with Crippen molar-refractivity contribution in [3.05, 3.63) is 64.7 Å². The van der Waals surface area contributed by atoms with Crippen molar-refractivity contribution in [2.24, 2.45) is 5.92 Å². The first kappa shape index (κ1) is 16.1. The fourth-order valence-electron chi connectivity index (χ4n) is 3.52. The molecule has 1 saturated heterocycles. The summed E-state index contributed by atoms with van der Waals surface area (Å²) < 4.78 is 0. The van der Waals surface area contributed by atoms with Gasteiger partial charge in [0.1, 0.15) is 5.75 Å². The Balaban J connectivity index is 1.54. The zero-order chi connectivity index (χ0) is 16.2. The van der Waals surface area contributed by atoms with E-state index in [1.54, 1.807) is 0 Å². The highest BCUT2D eigenvalue weighted by Crippen LogP contribution is 2.27. The van der Waals surface area contributed by atoms with Crippen LogP contribution in [-0.4, -0.2) is 23.1 Å². The van der Waals surface area contributed by atoms with Crippen LogP contribution >= 0.6 is 0 Å². The van der Waals surface area contributed by atoms with Crippen LogP contribution in [0.3, 0.4) is 0 Å². The van der Waals surface area contributed by atoms with Gasteiger partial charge in [-0.3, -0.25) is 4.90 Å². The first-order valence-electron chi connectivity index (χ1n) is 8.67. The number of aromatic hydroxyl groups is 1. The van der Waals surface area contributed by atoms with Gasteiger partial charge in [-0.05, 0) is 74.9 Å². The van der Waals surface area contributed by atoms with Crippen LogP contribution in [0.2, 0.25) is 0 Å². The minimum atomic E-state index is 0.444. The molecule has 1 aliphatic heterocycles. The summed E-state index contributed by atoms with van der Waals surface area (Å²) in [5, 5.41) is 10.2. The van der Waals surface area contributed by atoms with E-state index >= 15 is 0 Å². The molecule has 0 aliphatic carbocycles. The largest absolute Gasteiger partial charge is 0.508 e. The lowest BCUT2D eigenvalue weighted by molar-refractivity contribution is 0.175. The molecular weight excluding hydrogens is 282 g/mol.